The molecule has 0 saturated heterocycles. The lowest BCUT2D eigenvalue weighted by Crippen LogP contribution is -2.28. The van der Waals surface area contributed by atoms with Crippen LogP contribution in [0.1, 0.15) is 37.7 Å². The van der Waals surface area contributed by atoms with Gasteiger partial charge in [-0.1, -0.05) is 36.9 Å². The van der Waals surface area contributed by atoms with Crippen LogP contribution in [0.4, 0.5) is 5.69 Å². The lowest BCUT2D eigenvalue weighted by Gasteiger charge is -2.23. The van der Waals surface area contributed by atoms with Crippen LogP contribution < -0.4 is 5.32 Å². The molecule has 0 bridgehead atoms. The third-order valence-electron chi connectivity index (χ3n) is 3.80. The van der Waals surface area contributed by atoms with Crippen molar-refractivity contribution in [3.05, 3.63) is 28.8 Å². The van der Waals surface area contributed by atoms with Gasteiger partial charge in [-0.25, -0.2) is 0 Å². The van der Waals surface area contributed by atoms with Crippen molar-refractivity contribution in [1.82, 2.24) is 0 Å². The molecule has 1 fully saturated rings. The van der Waals surface area contributed by atoms with Crippen LogP contribution in [-0.4, -0.2) is 30.5 Å². The molecule has 2 rings (SSSR count). The summed E-state index contributed by atoms with van der Waals surface area (Å²) in [6.45, 7) is 2.90. The number of aliphatic hydroxyl groups excluding tert-OH is 1. The molecule has 0 aliphatic heterocycles. The molecule has 1 aliphatic rings. The maximum atomic E-state index is 9.98. The summed E-state index contributed by atoms with van der Waals surface area (Å²) in [5, 5.41) is 13.9. The van der Waals surface area contributed by atoms with Crippen LogP contribution in [0.25, 0.3) is 0 Å². The highest BCUT2D eigenvalue weighted by Gasteiger charge is 2.15. The van der Waals surface area contributed by atoms with Gasteiger partial charge in [0.1, 0.15) is 0 Å². The predicted octanol–water partition coefficient (Wildman–Crippen LogP) is 3.77. The number of anilines is 1. The number of aryl methyl sites for hydroxylation is 1. The monoisotopic (exact) mass is 297 g/mol. The molecule has 20 heavy (non-hydrogen) atoms. The van der Waals surface area contributed by atoms with Crippen molar-refractivity contribution < 1.29 is 9.84 Å². The van der Waals surface area contributed by atoms with E-state index in [-0.39, 0.29) is 0 Å². The second kappa shape index (κ2) is 7.87. The Hall–Kier alpha value is -0.770. The second-order valence-corrected chi connectivity index (χ2v) is 6.02. The molecule has 1 aromatic rings. The minimum atomic E-state index is -0.490. The van der Waals surface area contributed by atoms with Crippen LogP contribution in [0.5, 0.6) is 0 Å². The van der Waals surface area contributed by atoms with Crippen molar-refractivity contribution in [3.63, 3.8) is 0 Å². The van der Waals surface area contributed by atoms with E-state index in [1.807, 2.05) is 25.1 Å². The molecule has 3 nitrogen and oxygen atoms in total. The second-order valence-electron chi connectivity index (χ2n) is 5.59. The smallest absolute Gasteiger partial charge is 0.0945 e. The van der Waals surface area contributed by atoms with E-state index in [4.69, 9.17) is 16.3 Å². The van der Waals surface area contributed by atoms with Gasteiger partial charge in [-0.2, -0.15) is 0 Å². The Morgan fingerprint density at radius 2 is 2.10 bits per heavy atom. The van der Waals surface area contributed by atoms with Crippen LogP contribution >= 0.6 is 11.6 Å². The molecule has 0 radical (unpaired) electrons. The zero-order valence-corrected chi connectivity index (χ0v) is 12.8. The van der Waals surface area contributed by atoms with Gasteiger partial charge in [-0.05, 0) is 37.5 Å². The van der Waals surface area contributed by atoms with E-state index in [1.165, 1.54) is 19.3 Å². The van der Waals surface area contributed by atoms with Gasteiger partial charge in [0.05, 0.1) is 18.8 Å². The lowest BCUT2D eigenvalue weighted by molar-refractivity contribution is -0.0195. The van der Waals surface area contributed by atoms with Crippen molar-refractivity contribution in [1.29, 1.82) is 0 Å². The number of hydrogen-bond donors (Lipinski definition) is 2. The van der Waals surface area contributed by atoms with Gasteiger partial charge in [0.2, 0.25) is 0 Å². The van der Waals surface area contributed by atoms with Gasteiger partial charge >= 0.3 is 0 Å². The number of ether oxygens (including phenoxy) is 1. The zero-order valence-electron chi connectivity index (χ0n) is 12.1. The summed E-state index contributed by atoms with van der Waals surface area (Å²) >= 11 is 5.97. The molecule has 1 aliphatic carbocycles. The summed E-state index contributed by atoms with van der Waals surface area (Å²) in [5.41, 5.74) is 2.09. The number of aliphatic hydroxyl groups is 1. The Morgan fingerprint density at radius 3 is 2.85 bits per heavy atom. The van der Waals surface area contributed by atoms with Crippen LogP contribution in [0.2, 0.25) is 5.02 Å². The van der Waals surface area contributed by atoms with Gasteiger partial charge in [0, 0.05) is 17.3 Å². The molecule has 2 N–H and O–H groups in total. The van der Waals surface area contributed by atoms with Crippen LogP contribution in [0.3, 0.4) is 0 Å². The van der Waals surface area contributed by atoms with E-state index in [0.717, 1.165) is 24.1 Å². The molecule has 0 amide bonds. The summed E-state index contributed by atoms with van der Waals surface area (Å²) in [6, 6.07) is 5.71. The third-order valence-corrected chi connectivity index (χ3v) is 4.04. The van der Waals surface area contributed by atoms with E-state index in [1.54, 1.807) is 0 Å². The first-order valence-electron chi connectivity index (χ1n) is 7.45. The number of benzene rings is 1. The van der Waals surface area contributed by atoms with Crippen LogP contribution in [0, 0.1) is 6.92 Å². The number of rotatable bonds is 6. The molecule has 1 unspecified atom stereocenters. The molecule has 1 atom stereocenters. The molecular weight excluding hydrogens is 274 g/mol. The van der Waals surface area contributed by atoms with Crippen molar-refractivity contribution >= 4 is 17.3 Å². The van der Waals surface area contributed by atoms with Gasteiger partial charge in [-0.15, -0.1) is 0 Å². The maximum Gasteiger partial charge on any atom is 0.0945 e. The zero-order chi connectivity index (χ0) is 14.4. The molecule has 1 aromatic carbocycles. The topological polar surface area (TPSA) is 41.5 Å². The fourth-order valence-corrected chi connectivity index (χ4v) is 2.72. The van der Waals surface area contributed by atoms with Crippen molar-refractivity contribution in [2.24, 2.45) is 0 Å². The number of hydrogen-bond acceptors (Lipinski definition) is 3. The molecule has 112 valence electrons. The lowest BCUT2D eigenvalue weighted by atomic mass is 9.98. The van der Waals surface area contributed by atoms with E-state index >= 15 is 0 Å². The highest BCUT2D eigenvalue weighted by Crippen LogP contribution is 2.21. The van der Waals surface area contributed by atoms with Gasteiger partial charge in [0.15, 0.2) is 0 Å². The Kier molecular flexibility index (Phi) is 6.14. The molecule has 0 aromatic heterocycles. The van der Waals surface area contributed by atoms with Crippen LogP contribution in [-0.2, 0) is 4.74 Å². The molecule has 0 spiro atoms. The Labute approximate surface area is 126 Å². The van der Waals surface area contributed by atoms with E-state index in [0.29, 0.717) is 24.3 Å². The predicted molar refractivity (Wildman–Crippen MR) is 83.5 cm³/mol. The summed E-state index contributed by atoms with van der Waals surface area (Å²) in [5.74, 6) is 0. The summed E-state index contributed by atoms with van der Waals surface area (Å²) in [7, 11) is 0. The van der Waals surface area contributed by atoms with Gasteiger partial charge in [-0.3, -0.25) is 0 Å². The quantitative estimate of drug-likeness (QED) is 0.840. The largest absolute Gasteiger partial charge is 0.389 e. The molecule has 4 heteroatoms. The van der Waals surface area contributed by atoms with E-state index in [2.05, 4.69) is 5.32 Å². The first-order chi connectivity index (χ1) is 9.65. The fraction of sp³-hybridized carbons (Fsp3) is 0.625. The summed E-state index contributed by atoms with van der Waals surface area (Å²) in [4.78, 5) is 0. The Bertz CT molecular complexity index is 419. The van der Waals surface area contributed by atoms with E-state index < -0.39 is 6.10 Å². The normalized spacial score (nSPS) is 17.9. The van der Waals surface area contributed by atoms with Gasteiger partial charge < -0.3 is 15.2 Å². The van der Waals surface area contributed by atoms with Crippen molar-refractivity contribution in [3.8, 4) is 0 Å². The minimum absolute atomic E-state index is 0.339. The molecular formula is C16H24ClNO2. The van der Waals surface area contributed by atoms with E-state index in [9.17, 15) is 5.11 Å². The van der Waals surface area contributed by atoms with Crippen LogP contribution in [0.15, 0.2) is 18.2 Å². The first-order valence-corrected chi connectivity index (χ1v) is 7.82. The minimum Gasteiger partial charge on any atom is -0.389 e. The fourth-order valence-electron chi connectivity index (χ4n) is 2.55. The number of nitrogens with one attached hydrogen (secondary N) is 1. The molecule has 1 saturated carbocycles. The third kappa shape index (κ3) is 4.97. The van der Waals surface area contributed by atoms with Crippen molar-refractivity contribution in [2.45, 2.75) is 51.2 Å². The average molecular weight is 298 g/mol. The average Bonchev–Trinajstić information content (AvgIpc) is 2.47. The summed E-state index contributed by atoms with van der Waals surface area (Å²) in [6.07, 6.45) is 5.93. The highest BCUT2D eigenvalue weighted by molar-refractivity contribution is 6.30. The van der Waals surface area contributed by atoms with Gasteiger partial charge in [0.25, 0.3) is 0 Å². The Morgan fingerprint density at radius 1 is 1.35 bits per heavy atom. The maximum absolute atomic E-state index is 9.98. The first kappa shape index (κ1) is 15.6. The molecule has 0 heterocycles. The highest BCUT2D eigenvalue weighted by atomic mass is 35.5. The Balaban J connectivity index is 1.71. The number of halogens is 1. The van der Waals surface area contributed by atoms with Crippen molar-refractivity contribution in [2.75, 3.05) is 18.5 Å². The summed E-state index contributed by atoms with van der Waals surface area (Å²) < 4.78 is 5.77. The SMILES string of the molecule is Cc1ccc(Cl)cc1NCC(O)COC1CCCCC1. The standard InChI is InChI=1S/C16H24ClNO2/c1-12-7-8-13(17)9-16(12)18-10-14(19)11-20-15-5-3-2-4-6-15/h7-9,14-15,18-19H,2-6,10-11H2,1H3.